The number of imidazole rings is 1. The van der Waals surface area contributed by atoms with Crippen molar-refractivity contribution in [3.63, 3.8) is 0 Å². The van der Waals surface area contributed by atoms with Crippen molar-refractivity contribution >= 4 is 105 Å². The Kier molecular flexibility index (Phi) is 34.8. The molecule has 3 fully saturated rings. The van der Waals surface area contributed by atoms with Gasteiger partial charge in [0.25, 0.3) is 0 Å². The molecule has 13 amide bonds. The van der Waals surface area contributed by atoms with Gasteiger partial charge in [0, 0.05) is 70.3 Å². The number of guanidine groups is 2. The molecule has 38 nitrogen and oxygen atoms in total. The van der Waals surface area contributed by atoms with Crippen LogP contribution in [-0.2, 0) is 92.9 Å². The van der Waals surface area contributed by atoms with Crippen LogP contribution in [0.1, 0.15) is 152 Å². The van der Waals surface area contributed by atoms with E-state index in [1.54, 1.807) is 26.0 Å². The Morgan fingerprint density at radius 3 is 1.72 bits per heavy atom. The normalized spacial score (nSPS) is 18.3. The van der Waals surface area contributed by atoms with Crippen LogP contribution in [-0.4, -0.2) is 248 Å². The molecule has 8 rings (SSSR count). The van der Waals surface area contributed by atoms with Crippen LogP contribution in [0.3, 0.4) is 0 Å². The lowest BCUT2D eigenvalue weighted by atomic mass is 9.92. The van der Waals surface area contributed by atoms with Gasteiger partial charge in [-0.1, -0.05) is 100 Å². The van der Waals surface area contributed by atoms with E-state index in [9.17, 15) is 77.3 Å². The second kappa shape index (κ2) is 44.9. The number of carbonyl (C=O) groups excluding carboxylic acids is 13. The Balaban J connectivity index is 0.915. The van der Waals surface area contributed by atoms with Crippen LogP contribution in [0.4, 0.5) is 0 Å². The van der Waals surface area contributed by atoms with Crippen molar-refractivity contribution < 1.29 is 77.3 Å². The molecule has 3 saturated heterocycles. The number of nitrogens with zero attached hydrogens (tertiary/aromatic N) is 4. The monoisotopic (exact) mass is 1630 g/mol. The number of unbranched alkanes of at least 4 members (excludes halogenated alkanes) is 2. The number of H-pyrrole nitrogens is 1. The van der Waals surface area contributed by atoms with Gasteiger partial charge in [0.1, 0.15) is 72.5 Å². The van der Waals surface area contributed by atoms with Crippen LogP contribution in [0.15, 0.2) is 79.3 Å². The molecule has 0 spiro atoms. The molecular formula is C79H114N22O16. The van der Waals surface area contributed by atoms with Crippen molar-refractivity contribution in [2.24, 2.45) is 23.1 Å². The van der Waals surface area contributed by atoms with Crippen LogP contribution in [0, 0.1) is 16.7 Å². The van der Waals surface area contributed by atoms with Crippen molar-refractivity contribution in [1.82, 2.24) is 88.5 Å². The number of hydrogen-bond donors (Lipinski definition) is 20. The number of fused-ring (bicyclic) bond motifs is 2. The molecule has 636 valence electrons. The minimum absolute atomic E-state index is 0.0184. The third-order valence-electron chi connectivity index (χ3n) is 21.2. The van der Waals surface area contributed by atoms with Crippen LogP contribution in [0.5, 0.6) is 0 Å². The predicted octanol–water partition coefficient (Wildman–Crippen LogP) is -2.47. The number of aliphatic hydroxyl groups excluding tert-OH is 1. The number of carbonyl (C=O) groups is 14. The SMILES string of the molecule is CCCC[C@H](NC(=O)[C@@H]1CCCN1C(=O)CNC(=O)[C@H](CCCCN)NC(=O)[C@H](Cc1cnc[nH]1)NC(=O)[C@H](CO)NC(=O)[C@H](CC(C)C)NC(=O)[C@H](CCCNC(=N)N)NC(=O)[C@@H]1CCCN1C(=O)[C@H](CCCNC(=N)N)NC(=O)[C@@H]1CCC(=O)N1)C(=O)N[C@H](Cc1cccc2ccccc12)C(=O)N1Cc2ccccc2C[C@H]1C(=O)O. The average Bonchev–Trinajstić information content (AvgIpc) is 1.59. The van der Waals surface area contributed by atoms with Gasteiger partial charge in [0.15, 0.2) is 11.9 Å². The van der Waals surface area contributed by atoms with E-state index < -0.39 is 163 Å². The van der Waals surface area contributed by atoms with Crippen molar-refractivity contribution in [3.05, 3.63) is 102 Å². The first kappa shape index (κ1) is 90.7. The molecule has 5 heterocycles. The second-order valence-corrected chi connectivity index (χ2v) is 30.4. The van der Waals surface area contributed by atoms with Crippen LogP contribution >= 0.6 is 0 Å². The van der Waals surface area contributed by atoms with Gasteiger partial charge in [-0.15, -0.1) is 0 Å². The molecule has 38 heteroatoms. The standard InChI is InChI=1S/C79H114N22O16/c1-4-5-23-53(68(107)97-59(37-48-21-12-20-46-17-8-9-22-51(46)48)76(115)101-42-49-19-7-6-18-47(49)38-63(101)77(116)117)92-73(112)61-27-15-34-99(61)65(104)41-88-66(105)52(24-10-11-31-80)91-71(110)58(39-50-40-85-44-89-50)96-72(111)60(43-102)98-70(109)57(36-45(2)3)95-67(106)54(25-13-32-86-78(81)82)93-74(113)62-28-16-35-100(62)75(114)56(26-14-33-87-79(83)84)94-69(108)55-29-30-64(103)90-55/h6-9,12,17-22,40,44-45,52-63,102H,4-5,10-11,13-16,23-39,41-43,80H2,1-3H3,(H,85,89)(H,88,105)(H,90,103)(H,91,110)(H,92,112)(H,93,113)(H,94,108)(H,95,106)(H,96,111)(H,97,107)(H,98,109)(H,116,117)(H4,81,82,86)(H4,83,84,87)/t52-,53-,54-,55-,56-,57-,58-,59+,60-,61-,62-,63-/m0/s1. The van der Waals surface area contributed by atoms with E-state index in [1.165, 1.54) is 27.2 Å². The highest BCUT2D eigenvalue weighted by Crippen LogP contribution is 2.28. The maximum absolute atomic E-state index is 15.0. The summed E-state index contributed by atoms with van der Waals surface area (Å²) in [5.74, 6) is -11.8. The van der Waals surface area contributed by atoms with E-state index in [-0.39, 0.29) is 153 Å². The van der Waals surface area contributed by atoms with E-state index in [4.69, 9.17) is 28.0 Å². The topological polar surface area (TPSA) is 588 Å². The molecule has 0 saturated carbocycles. The number of rotatable bonds is 44. The number of nitrogens with two attached hydrogens (primary N) is 3. The van der Waals surface area contributed by atoms with Crippen molar-refractivity contribution in [2.75, 3.05) is 45.9 Å². The molecule has 0 aliphatic carbocycles. The average molecular weight is 1630 g/mol. The molecule has 117 heavy (non-hydrogen) atoms. The lowest BCUT2D eigenvalue weighted by Crippen LogP contribution is -2.61. The number of nitrogens with one attached hydrogen (secondary N) is 15. The summed E-state index contributed by atoms with van der Waals surface area (Å²) < 4.78 is 0. The number of likely N-dealkylation sites (tertiary alicyclic amines) is 2. The Labute approximate surface area is 678 Å². The molecule has 4 aliphatic heterocycles. The fourth-order valence-corrected chi connectivity index (χ4v) is 15.0. The van der Waals surface area contributed by atoms with E-state index in [1.807, 2.05) is 61.5 Å². The highest BCUT2D eigenvalue weighted by atomic mass is 16.4. The van der Waals surface area contributed by atoms with Gasteiger partial charge >= 0.3 is 5.97 Å². The predicted molar refractivity (Wildman–Crippen MR) is 428 cm³/mol. The number of aromatic nitrogens is 2. The lowest BCUT2D eigenvalue weighted by molar-refractivity contribution is -0.152. The number of amides is 13. The smallest absolute Gasteiger partial charge is 0.326 e. The first-order valence-electron chi connectivity index (χ1n) is 40.2. The Bertz CT molecular complexity index is 4180. The number of aromatic amines is 1. The molecule has 3 aromatic carbocycles. The molecule has 23 N–H and O–H groups in total. The molecule has 0 unspecified atom stereocenters. The molecule has 12 atom stereocenters. The fourth-order valence-electron chi connectivity index (χ4n) is 15.0. The minimum Gasteiger partial charge on any atom is -0.480 e. The lowest BCUT2D eigenvalue weighted by Gasteiger charge is -2.37. The molecule has 1 aromatic heterocycles. The Morgan fingerprint density at radius 1 is 0.564 bits per heavy atom. The van der Waals surface area contributed by atoms with Crippen LogP contribution in [0.2, 0.25) is 0 Å². The largest absolute Gasteiger partial charge is 0.480 e. The number of aliphatic hydroxyl groups is 1. The number of aliphatic carboxylic acids is 1. The maximum Gasteiger partial charge on any atom is 0.326 e. The number of benzene rings is 3. The van der Waals surface area contributed by atoms with E-state index in [0.29, 0.717) is 49.8 Å². The number of carboxylic acids is 1. The van der Waals surface area contributed by atoms with Crippen molar-refractivity contribution in [2.45, 2.75) is 228 Å². The van der Waals surface area contributed by atoms with Crippen LogP contribution in [0.25, 0.3) is 10.8 Å². The summed E-state index contributed by atoms with van der Waals surface area (Å²) in [6.45, 7) is 4.32. The van der Waals surface area contributed by atoms with Gasteiger partial charge in [-0.05, 0) is 130 Å². The zero-order chi connectivity index (χ0) is 84.8. The quantitative estimate of drug-likeness (QED) is 0.0124. The highest BCUT2D eigenvalue weighted by molar-refractivity contribution is 6.01. The molecular weight excluding hydrogens is 1510 g/mol. The molecule has 0 bridgehead atoms. The summed E-state index contributed by atoms with van der Waals surface area (Å²) >= 11 is 0. The van der Waals surface area contributed by atoms with Gasteiger partial charge in [-0.25, -0.2) is 9.78 Å². The number of hydrogen-bond acceptors (Lipinski definition) is 19. The summed E-state index contributed by atoms with van der Waals surface area (Å²) in [6, 6.07) is 4.77. The third kappa shape index (κ3) is 26.6. The summed E-state index contributed by atoms with van der Waals surface area (Å²) in [4.78, 5) is 209. The van der Waals surface area contributed by atoms with Gasteiger partial charge < -0.3 is 111 Å². The maximum atomic E-state index is 15.0. The van der Waals surface area contributed by atoms with Gasteiger partial charge in [0.05, 0.1) is 19.5 Å². The molecule has 4 aromatic rings. The second-order valence-electron chi connectivity index (χ2n) is 30.4. The summed E-state index contributed by atoms with van der Waals surface area (Å²) in [6.07, 6.45) is 6.01. The van der Waals surface area contributed by atoms with Gasteiger partial charge in [-0.3, -0.25) is 73.1 Å². The first-order valence-corrected chi connectivity index (χ1v) is 40.2. The zero-order valence-corrected chi connectivity index (χ0v) is 66.4. The van der Waals surface area contributed by atoms with E-state index in [0.717, 1.165) is 21.9 Å². The minimum atomic E-state index is -1.78. The van der Waals surface area contributed by atoms with Crippen molar-refractivity contribution in [3.8, 4) is 0 Å². The van der Waals surface area contributed by atoms with Crippen LogP contribution < -0.4 is 81.0 Å². The van der Waals surface area contributed by atoms with Crippen molar-refractivity contribution in [1.29, 1.82) is 10.8 Å². The third-order valence-corrected chi connectivity index (χ3v) is 21.2. The summed E-state index contributed by atoms with van der Waals surface area (Å²) in [7, 11) is 0. The Morgan fingerprint density at radius 2 is 1.10 bits per heavy atom. The van der Waals surface area contributed by atoms with E-state index >= 15 is 0 Å². The zero-order valence-electron chi connectivity index (χ0n) is 66.4. The van der Waals surface area contributed by atoms with E-state index in [2.05, 4.69) is 73.8 Å². The fraction of sp³-hybridized carbons (Fsp3) is 0.557. The highest BCUT2D eigenvalue weighted by Gasteiger charge is 2.44. The molecule has 0 radical (unpaired) electrons. The van der Waals surface area contributed by atoms with Gasteiger partial charge in [0.2, 0.25) is 76.8 Å². The molecule has 4 aliphatic rings. The number of carboxylic acid groups (broad SMARTS) is 1. The first-order chi connectivity index (χ1) is 56.1. The Hall–Kier alpha value is -11.8. The van der Waals surface area contributed by atoms with Gasteiger partial charge in [-0.2, -0.15) is 0 Å². The summed E-state index contributed by atoms with van der Waals surface area (Å²) in [5.41, 5.74) is 19.4. The summed E-state index contributed by atoms with van der Waals surface area (Å²) in [5, 5.41) is 70.2.